The predicted molar refractivity (Wildman–Crippen MR) is 159 cm³/mol. The van der Waals surface area contributed by atoms with E-state index in [1.807, 2.05) is 90.5 Å². The van der Waals surface area contributed by atoms with E-state index in [0.717, 1.165) is 32.8 Å². The van der Waals surface area contributed by atoms with Crippen LogP contribution < -0.4 is 10.6 Å². The first kappa shape index (κ1) is 26.9. The molecule has 1 saturated heterocycles. The van der Waals surface area contributed by atoms with Crippen molar-refractivity contribution in [1.29, 1.82) is 0 Å². The maximum Gasteiger partial charge on any atom is 0.312 e. The van der Waals surface area contributed by atoms with Gasteiger partial charge in [0.15, 0.2) is 0 Å². The topological polar surface area (TPSA) is 64.4 Å². The molecule has 206 valence electrons. The van der Waals surface area contributed by atoms with Crippen molar-refractivity contribution >= 4 is 41.5 Å². The smallest absolute Gasteiger partial charge is 0.312 e. The van der Waals surface area contributed by atoms with Crippen molar-refractivity contribution in [2.24, 2.45) is 5.92 Å². The van der Waals surface area contributed by atoms with Gasteiger partial charge in [-0.2, -0.15) is 5.10 Å². The lowest BCUT2D eigenvalue weighted by Gasteiger charge is -2.43. The quantitative estimate of drug-likeness (QED) is 0.184. The summed E-state index contributed by atoms with van der Waals surface area (Å²) in [7, 11) is -1.32. The molecule has 0 saturated carbocycles. The fourth-order valence-electron chi connectivity index (χ4n) is 5.72. The molecule has 1 fully saturated rings. The normalized spacial score (nSPS) is 18.8. The first-order valence-electron chi connectivity index (χ1n) is 13.6. The second-order valence-electron chi connectivity index (χ2n) is 10.2. The lowest BCUT2D eigenvalue weighted by Crippen LogP contribution is -2.46. The first-order chi connectivity index (χ1) is 19.9. The molecular weight excluding hydrogens is 536 g/mol. The third-order valence-electron chi connectivity index (χ3n) is 7.73. The molecule has 2 atom stereocenters. The lowest BCUT2D eigenvalue weighted by molar-refractivity contribution is -0.150. The van der Waals surface area contributed by atoms with Crippen LogP contribution in [0.3, 0.4) is 0 Å². The number of nitrogens with zero attached hydrogens (tertiary/aromatic N) is 3. The van der Waals surface area contributed by atoms with Crippen LogP contribution in [-0.2, 0) is 19.9 Å². The molecule has 2 unspecified atom stereocenters. The first-order valence-corrected chi connectivity index (χ1v) is 14.8. The fraction of sp³-hybridized carbons (Fsp3) is 0.182. The second-order valence-corrected chi connectivity index (χ2v) is 12.2. The maximum atomic E-state index is 14.0. The van der Waals surface area contributed by atoms with Gasteiger partial charge in [0.1, 0.15) is 5.82 Å². The van der Waals surface area contributed by atoms with Crippen LogP contribution in [0.4, 0.5) is 4.39 Å². The lowest BCUT2D eigenvalue weighted by atomic mass is 9.80. The molecule has 6 rings (SSSR count). The Morgan fingerprint density at radius 1 is 0.976 bits per heavy atom. The SMILES string of the molecule is CCOC(=O)C1CC(=O)N(P(c2ccccc2)c2ccccc2)C1(C)c1ccc2c(cnn2-c2ccc(F)cc2)c1. The molecular formula is C33H29FN3O3P. The molecule has 8 heteroatoms. The van der Waals surface area contributed by atoms with Crippen molar-refractivity contribution in [3.8, 4) is 5.69 Å². The Morgan fingerprint density at radius 2 is 1.61 bits per heavy atom. The molecule has 2 heterocycles. The average Bonchev–Trinajstić information content (AvgIpc) is 3.54. The van der Waals surface area contributed by atoms with Gasteiger partial charge in [-0.3, -0.25) is 9.59 Å². The number of aromatic nitrogens is 2. The van der Waals surface area contributed by atoms with Crippen molar-refractivity contribution in [2.45, 2.75) is 25.8 Å². The number of esters is 1. The van der Waals surface area contributed by atoms with Gasteiger partial charge in [0.2, 0.25) is 5.91 Å². The highest BCUT2D eigenvalue weighted by Gasteiger charge is 2.57. The number of rotatable bonds is 7. The highest BCUT2D eigenvalue weighted by molar-refractivity contribution is 7.71. The summed E-state index contributed by atoms with van der Waals surface area (Å²) in [6.07, 6.45) is 1.81. The van der Waals surface area contributed by atoms with E-state index in [2.05, 4.69) is 5.10 Å². The van der Waals surface area contributed by atoms with E-state index in [-0.39, 0.29) is 30.7 Å². The van der Waals surface area contributed by atoms with Crippen molar-refractivity contribution < 1.29 is 18.7 Å². The number of ether oxygens (including phenoxy) is 1. The minimum absolute atomic E-state index is 0.0563. The van der Waals surface area contributed by atoms with Crippen LogP contribution in [0.15, 0.2) is 109 Å². The summed E-state index contributed by atoms with van der Waals surface area (Å²) >= 11 is 0. The van der Waals surface area contributed by atoms with Gasteiger partial charge in [0.05, 0.1) is 43.5 Å². The van der Waals surface area contributed by atoms with Gasteiger partial charge in [0, 0.05) is 22.4 Å². The van der Waals surface area contributed by atoms with Crippen LogP contribution in [-0.4, -0.2) is 32.9 Å². The molecule has 1 aliphatic rings. The number of fused-ring (bicyclic) bond motifs is 1. The Labute approximate surface area is 239 Å². The zero-order chi connectivity index (χ0) is 28.6. The molecule has 0 N–H and O–H groups in total. The zero-order valence-corrected chi connectivity index (χ0v) is 23.7. The van der Waals surface area contributed by atoms with Crippen LogP contribution in [0, 0.1) is 11.7 Å². The van der Waals surface area contributed by atoms with Gasteiger partial charge in [0.25, 0.3) is 0 Å². The van der Waals surface area contributed by atoms with Crippen LogP contribution in [0.5, 0.6) is 0 Å². The summed E-state index contributed by atoms with van der Waals surface area (Å²) in [4.78, 5) is 27.5. The van der Waals surface area contributed by atoms with Gasteiger partial charge < -0.3 is 9.41 Å². The van der Waals surface area contributed by atoms with Gasteiger partial charge in [-0.15, -0.1) is 0 Å². The predicted octanol–water partition coefficient (Wildman–Crippen LogP) is 5.84. The van der Waals surface area contributed by atoms with E-state index in [9.17, 15) is 14.0 Å². The van der Waals surface area contributed by atoms with Gasteiger partial charge >= 0.3 is 5.97 Å². The molecule has 4 aromatic carbocycles. The zero-order valence-electron chi connectivity index (χ0n) is 22.8. The highest BCUT2D eigenvalue weighted by Crippen LogP contribution is 2.56. The summed E-state index contributed by atoms with van der Waals surface area (Å²) in [5, 5.41) is 7.44. The maximum absolute atomic E-state index is 14.0. The van der Waals surface area contributed by atoms with Crippen LogP contribution >= 0.6 is 8.07 Å². The van der Waals surface area contributed by atoms with Crippen molar-refractivity contribution in [3.63, 3.8) is 0 Å². The largest absolute Gasteiger partial charge is 0.466 e. The molecule has 41 heavy (non-hydrogen) atoms. The van der Waals surface area contributed by atoms with Gasteiger partial charge in [-0.05, 0) is 55.8 Å². The Hall–Kier alpha value is -4.35. The summed E-state index contributed by atoms with van der Waals surface area (Å²) in [5.74, 6) is -1.49. The second kappa shape index (κ2) is 10.9. The third kappa shape index (κ3) is 4.70. The molecule has 1 aromatic heterocycles. The van der Waals surface area contributed by atoms with Crippen molar-refractivity contribution in [3.05, 3.63) is 121 Å². The monoisotopic (exact) mass is 565 g/mol. The van der Waals surface area contributed by atoms with E-state index in [1.54, 1.807) is 29.9 Å². The number of hydrogen-bond acceptors (Lipinski definition) is 4. The molecule has 5 aromatic rings. The minimum Gasteiger partial charge on any atom is -0.466 e. The Morgan fingerprint density at radius 3 is 2.22 bits per heavy atom. The molecule has 6 nitrogen and oxygen atoms in total. The van der Waals surface area contributed by atoms with Gasteiger partial charge in [-0.25, -0.2) is 9.07 Å². The Bertz CT molecular complexity index is 1670. The molecule has 0 aliphatic carbocycles. The number of carbonyl (C=O) groups excluding carboxylic acids is 2. The molecule has 0 radical (unpaired) electrons. The molecule has 1 amide bonds. The van der Waals surface area contributed by atoms with E-state index >= 15 is 0 Å². The third-order valence-corrected chi connectivity index (χ3v) is 10.3. The fourth-order valence-corrected chi connectivity index (χ4v) is 8.36. The van der Waals surface area contributed by atoms with E-state index in [1.165, 1.54) is 12.1 Å². The number of hydrogen-bond donors (Lipinski definition) is 0. The highest BCUT2D eigenvalue weighted by atomic mass is 31.1. The number of benzene rings is 4. The molecule has 1 aliphatic heterocycles. The van der Waals surface area contributed by atoms with Gasteiger partial charge in [-0.1, -0.05) is 66.7 Å². The standard InChI is InChI=1S/C33H29FN3O3P/c1-3-40-32(39)29-21-31(38)37(41(27-10-6-4-7-11-27)28-12-8-5-9-13-28)33(29,2)24-14-19-30-23(20-24)22-35-36(30)26-17-15-25(34)16-18-26/h4-20,22,29H,3,21H2,1-2H3. The number of carbonyl (C=O) groups is 2. The van der Waals surface area contributed by atoms with E-state index in [0.29, 0.717) is 0 Å². The van der Waals surface area contributed by atoms with E-state index < -0.39 is 19.5 Å². The van der Waals surface area contributed by atoms with Crippen LogP contribution in [0.25, 0.3) is 16.6 Å². The Kier molecular flexibility index (Phi) is 7.14. The molecule has 0 bridgehead atoms. The van der Waals surface area contributed by atoms with Crippen LogP contribution in [0.1, 0.15) is 25.8 Å². The summed E-state index contributed by atoms with van der Waals surface area (Å²) in [6, 6.07) is 32.1. The number of halogens is 1. The molecule has 0 spiro atoms. The number of amides is 1. The van der Waals surface area contributed by atoms with Crippen LogP contribution in [0.2, 0.25) is 0 Å². The van der Waals surface area contributed by atoms with Crippen molar-refractivity contribution in [1.82, 2.24) is 14.5 Å². The summed E-state index contributed by atoms with van der Waals surface area (Å²) in [6.45, 7) is 3.99. The summed E-state index contributed by atoms with van der Waals surface area (Å²) in [5.41, 5.74) is 1.40. The minimum atomic E-state index is -1.32. The van der Waals surface area contributed by atoms with E-state index in [4.69, 9.17) is 4.74 Å². The Balaban J connectivity index is 1.53. The summed E-state index contributed by atoms with van der Waals surface area (Å²) < 4.78 is 22.8. The average molecular weight is 566 g/mol. The van der Waals surface area contributed by atoms with Crippen molar-refractivity contribution in [2.75, 3.05) is 6.61 Å².